The van der Waals surface area contributed by atoms with Crippen LogP contribution in [0.4, 0.5) is 4.39 Å². The van der Waals surface area contributed by atoms with E-state index in [9.17, 15) is 4.39 Å². The van der Waals surface area contributed by atoms with Crippen LogP contribution in [0.1, 0.15) is 18.9 Å². The predicted molar refractivity (Wildman–Crippen MR) is 61.1 cm³/mol. The third kappa shape index (κ3) is 3.76. The van der Waals surface area contributed by atoms with Crippen molar-refractivity contribution < 1.29 is 4.39 Å². The highest BCUT2D eigenvalue weighted by Crippen LogP contribution is 2.06. The van der Waals surface area contributed by atoms with Crippen molar-refractivity contribution in [2.24, 2.45) is 0 Å². The van der Waals surface area contributed by atoms with Crippen LogP contribution in [-0.2, 0) is 6.54 Å². The summed E-state index contributed by atoms with van der Waals surface area (Å²) in [6, 6.07) is 7.28. The number of hydrogen-bond donors (Lipinski definition) is 1. The van der Waals surface area contributed by atoms with Gasteiger partial charge in [-0.1, -0.05) is 34.1 Å². The number of nitrogens with one attached hydrogen (secondary N) is 1. The van der Waals surface area contributed by atoms with Crippen molar-refractivity contribution in [2.75, 3.05) is 5.33 Å². The third-order valence-corrected chi connectivity index (χ3v) is 2.60. The van der Waals surface area contributed by atoms with Crippen LogP contribution >= 0.6 is 15.9 Å². The molecule has 14 heavy (non-hydrogen) atoms. The van der Waals surface area contributed by atoms with E-state index in [0.29, 0.717) is 12.6 Å². The summed E-state index contributed by atoms with van der Waals surface area (Å²) in [5.41, 5.74) is 0.730. The molecule has 0 fully saturated rings. The Morgan fingerprint density at radius 2 is 2.14 bits per heavy atom. The first-order chi connectivity index (χ1) is 6.74. The smallest absolute Gasteiger partial charge is 0.127 e. The van der Waals surface area contributed by atoms with Crippen LogP contribution < -0.4 is 5.32 Å². The average molecular weight is 260 g/mol. The van der Waals surface area contributed by atoms with Gasteiger partial charge >= 0.3 is 0 Å². The zero-order chi connectivity index (χ0) is 10.4. The molecule has 0 radical (unpaired) electrons. The highest BCUT2D eigenvalue weighted by Gasteiger charge is 2.03. The van der Waals surface area contributed by atoms with Gasteiger partial charge in [-0.2, -0.15) is 0 Å². The normalized spacial score (nSPS) is 12.8. The molecule has 1 rings (SSSR count). The predicted octanol–water partition coefficient (Wildman–Crippen LogP) is 3.09. The minimum Gasteiger partial charge on any atom is -0.310 e. The van der Waals surface area contributed by atoms with Gasteiger partial charge in [0.25, 0.3) is 0 Å². The van der Waals surface area contributed by atoms with Crippen LogP contribution in [0.15, 0.2) is 24.3 Å². The summed E-state index contributed by atoms with van der Waals surface area (Å²) >= 11 is 3.38. The Labute approximate surface area is 92.8 Å². The molecule has 1 aromatic carbocycles. The molecule has 0 aromatic heterocycles. The Bertz CT molecular complexity index is 278. The van der Waals surface area contributed by atoms with Crippen LogP contribution in [0.5, 0.6) is 0 Å². The molecule has 0 aliphatic carbocycles. The Balaban J connectivity index is 2.41. The van der Waals surface area contributed by atoms with Crippen LogP contribution in [0.2, 0.25) is 0 Å². The maximum absolute atomic E-state index is 13.2. The second kappa shape index (κ2) is 6.14. The second-order valence-electron chi connectivity index (χ2n) is 3.35. The van der Waals surface area contributed by atoms with E-state index in [1.807, 2.05) is 12.1 Å². The lowest BCUT2D eigenvalue weighted by Gasteiger charge is -2.12. The zero-order valence-corrected chi connectivity index (χ0v) is 9.85. The average Bonchev–Trinajstić information content (AvgIpc) is 2.17. The fraction of sp³-hybridized carbons (Fsp3) is 0.455. The molecule has 0 saturated carbocycles. The van der Waals surface area contributed by atoms with Crippen LogP contribution in [0.25, 0.3) is 0 Å². The van der Waals surface area contributed by atoms with Gasteiger partial charge in [-0.3, -0.25) is 0 Å². The maximum atomic E-state index is 13.2. The molecule has 1 unspecified atom stereocenters. The molecule has 1 aromatic rings. The molecule has 78 valence electrons. The molecule has 0 amide bonds. The van der Waals surface area contributed by atoms with Gasteiger partial charge in [-0.05, 0) is 19.4 Å². The summed E-state index contributed by atoms with van der Waals surface area (Å²) in [5, 5.41) is 4.24. The number of benzene rings is 1. The Hall–Kier alpha value is -0.410. The molecule has 1 N–H and O–H groups in total. The number of alkyl halides is 1. The maximum Gasteiger partial charge on any atom is 0.127 e. The summed E-state index contributed by atoms with van der Waals surface area (Å²) in [5.74, 6) is -0.133. The molecule has 0 aliphatic heterocycles. The highest BCUT2D eigenvalue weighted by atomic mass is 79.9. The first-order valence-electron chi connectivity index (χ1n) is 4.76. The Morgan fingerprint density at radius 3 is 2.79 bits per heavy atom. The lowest BCUT2D eigenvalue weighted by molar-refractivity contribution is 0.520. The highest BCUT2D eigenvalue weighted by molar-refractivity contribution is 9.09. The van der Waals surface area contributed by atoms with E-state index in [1.54, 1.807) is 6.07 Å². The zero-order valence-electron chi connectivity index (χ0n) is 8.26. The fourth-order valence-electron chi connectivity index (χ4n) is 1.19. The van der Waals surface area contributed by atoms with Gasteiger partial charge in [0.2, 0.25) is 0 Å². The fourth-order valence-corrected chi connectivity index (χ4v) is 1.88. The van der Waals surface area contributed by atoms with Gasteiger partial charge in [-0.25, -0.2) is 4.39 Å². The summed E-state index contributed by atoms with van der Waals surface area (Å²) in [7, 11) is 0. The molecule has 1 nitrogen and oxygen atoms in total. The van der Waals surface area contributed by atoms with Gasteiger partial charge in [0, 0.05) is 23.5 Å². The Morgan fingerprint density at radius 1 is 1.43 bits per heavy atom. The quantitative estimate of drug-likeness (QED) is 0.802. The molecule has 0 heterocycles. The summed E-state index contributed by atoms with van der Waals surface area (Å²) in [4.78, 5) is 0. The minimum absolute atomic E-state index is 0.133. The van der Waals surface area contributed by atoms with Crippen LogP contribution in [-0.4, -0.2) is 11.4 Å². The second-order valence-corrected chi connectivity index (χ2v) is 4.14. The van der Waals surface area contributed by atoms with E-state index < -0.39 is 0 Å². The van der Waals surface area contributed by atoms with E-state index in [0.717, 1.165) is 17.3 Å². The molecule has 3 heteroatoms. The first-order valence-corrected chi connectivity index (χ1v) is 5.89. The topological polar surface area (TPSA) is 12.0 Å². The molecule has 0 aliphatic rings. The van der Waals surface area contributed by atoms with Crippen molar-refractivity contribution in [2.45, 2.75) is 25.9 Å². The lowest BCUT2D eigenvalue weighted by Crippen LogP contribution is -2.26. The number of rotatable bonds is 5. The number of halogens is 2. The van der Waals surface area contributed by atoms with Crippen LogP contribution in [0, 0.1) is 5.82 Å². The van der Waals surface area contributed by atoms with Crippen molar-refractivity contribution in [1.82, 2.24) is 5.32 Å². The lowest BCUT2D eigenvalue weighted by atomic mass is 10.2. The molecular weight excluding hydrogens is 245 g/mol. The van der Waals surface area contributed by atoms with E-state index in [-0.39, 0.29) is 5.82 Å². The van der Waals surface area contributed by atoms with Gasteiger partial charge in [0.05, 0.1) is 0 Å². The van der Waals surface area contributed by atoms with E-state index >= 15 is 0 Å². The van der Waals surface area contributed by atoms with Gasteiger partial charge in [0.15, 0.2) is 0 Å². The van der Waals surface area contributed by atoms with Crippen LogP contribution in [0.3, 0.4) is 0 Å². The first kappa shape index (κ1) is 11.7. The minimum atomic E-state index is -0.133. The van der Waals surface area contributed by atoms with Crippen molar-refractivity contribution in [1.29, 1.82) is 0 Å². The van der Waals surface area contributed by atoms with Crippen molar-refractivity contribution in [3.8, 4) is 0 Å². The summed E-state index contributed by atoms with van der Waals surface area (Å²) in [6.07, 6.45) is 1.05. The summed E-state index contributed by atoms with van der Waals surface area (Å²) < 4.78 is 13.2. The molecule has 0 saturated heterocycles. The monoisotopic (exact) mass is 259 g/mol. The van der Waals surface area contributed by atoms with Crippen molar-refractivity contribution >= 4 is 15.9 Å². The van der Waals surface area contributed by atoms with Crippen molar-refractivity contribution in [3.63, 3.8) is 0 Å². The van der Waals surface area contributed by atoms with Gasteiger partial charge in [-0.15, -0.1) is 0 Å². The van der Waals surface area contributed by atoms with Gasteiger partial charge in [0.1, 0.15) is 5.82 Å². The third-order valence-electron chi connectivity index (χ3n) is 2.14. The largest absolute Gasteiger partial charge is 0.310 e. The Kier molecular flexibility index (Phi) is 5.12. The van der Waals surface area contributed by atoms with E-state index in [1.165, 1.54) is 6.07 Å². The molecule has 1 atom stereocenters. The van der Waals surface area contributed by atoms with E-state index in [2.05, 4.69) is 28.2 Å². The SMILES string of the molecule is CC(CCBr)NCc1ccccc1F. The standard InChI is InChI=1S/C11H15BrFN/c1-9(6-7-12)14-8-10-4-2-3-5-11(10)13/h2-5,9,14H,6-8H2,1H3. The van der Waals surface area contributed by atoms with Crippen molar-refractivity contribution in [3.05, 3.63) is 35.6 Å². The van der Waals surface area contributed by atoms with E-state index in [4.69, 9.17) is 0 Å². The molecule has 0 bridgehead atoms. The number of hydrogen-bond acceptors (Lipinski definition) is 1. The molecule has 0 spiro atoms. The van der Waals surface area contributed by atoms with Gasteiger partial charge < -0.3 is 5.32 Å². The summed E-state index contributed by atoms with van der Waals surface area (Å²) in [6.45, 7) is 2.70. The molecular formula is C11H15BrFN.